The Bertz CT molecular complexity index is 161. The van der Waals surface area contributed by atoms with Crippen LogP contribution in [0.2, 0.25) is 0 Å². The zero-order valence-electron chi connectivity index (χ0n) is 5.08. The maximum absolute atomic E-state index is 10.6. The van der Waals surface area contributed by atoms with Gasteiger partial charge in [-0.3, -0.25) is 0 Å². The first kappa shape index (κ1) is 8.65. The Balaban J connectivity index is 4.53. The van der Waals surface area contributed by atoms with E-state index in [9.17, 15) is 8.42 Å². The Kier molecular flexibility index (Phi) is 2.29. The molecule has 0 fully saturated rings. The average Bonchev–Trinajstić information content (AvgIpc) is 1.25. The molecule has 0 aliphatic carbocycles. The summed E-state index contributed by atoms with van der Waals surface area (Å²) in [6, 6.07) is 0. The Morgan fingerprint density at radius 2 is 1.25 bits per heavy atom. The molecule has 0 aliphatic heterocycles. The molecule has 2 nitrogen and oxygen atoms in total. The van der Waals surface area contributed by atoms with Gasteiger partial charge in [0.1, 0.15) is 0 Å². The number of hydrogen-bond donors (Lipinski definition) is 1. The van der Waals surface area contributed by atoms with Gasteiger partial charge in [-0.1, -0.05) is 8.09 Å². The summed E-state index contributed by atoms with van der Waals surface area (Å²) in [6.07, 6.45) is 4.46. The molecule has 52 valence electrons. The summed E-state index contributed by atoms with van der Waals surface area (Å²) >= 11 is 3.93. The summed E-state index contributed by atoms with van der Waals surface area (Å²) in [6.45, 7) is 0. The van der Waals surface area contributed by atoms with E-state index >= 15 is 0 Å². The molecule has 0 aromatic heterocycles. The third-order valence-electron chi connectivity index (χ3n) is 0.741. The van der Waals surface area contributed by atoms with E-state index in [4.69, 9.17) is 0 Å². The highest BCUT2D eigenvalue weighted by molar-refractivity contribution is 9.18. The van der Waals surface area contributed by atoms with E-state index in [1.165, 1.54) is 6.26 Å². The van der Waals surface area contributed by atoms with Crippen molar-refractivity contribution in [2.24, 2.45) is 0 Å². The number of hydrogen-bond acceptors (Lipinski definition) is 3. The van der Waals surface area contributed by atoms with Gasteiger partial charge < -0.3 is 0 Å². The summed E-state index contributed by atoms with van der Waals surface area (Å²) in [5, 5.41) is 0. The number of thiol groups is 1. The first-order valence-corrected chi connectivity index (χ1v) is 7.82. The van der Waals surface area contributed by atoms with Crippen LogP contribution in [0.15, 0.2) is 0 Å². The van der Waals surface area contributed by atoms with Crippen molar-refractivity contribution in [3.05, 3.63) is 0 Å². The summed E-state index contributed by atoms with van der Waals surface area (Å²) < 4.78 is 21.2. The van der Waals surface area contributed by atoms with Gasteiger partial charge in [0.25, 0.3) is 0 Å². The molecule has 8 heavy (non-hydrogen) atoms. The van der Waals surface area contributed by atoms with Crippen LogP contribution >= 0.6 is 19.8 Å². The fourth-order valence-corrected chi connectivity index (χ4v) is 0. The van der Waals surface area contributed by atoms with Crippen LogP contribution in [0.4, 0.5) is 0 Å². The van der Waals surface area contributed by atoms with Crippen LogP contribution in [0.25, 0.3) is 0 Å². The Labute approximate surface area is 56.1 Å². The van der Waals surface area contributed by atoms with Gasteiger partial charge in [0, 0.05) is 6.26 Å². The first-order valence-electron chi connectivity index (χ1n) is 1.91. The lowest BCUT2D eigenvalue weighted by Crippen LogP contribution is -2.01. The summed E-state index contributed by atoms with van der Waals surface area (Å²) in [5.74, 6) is 0. The van der Waals surface area contributed by atoms with Crippen molar-refractivity contribution in [3.8, 4) is 0 Å². The predicted molar refractivity (Wildman–Crippen MR) is 43.3 cm³/mol. The van der Waals surface area contributed by atoms with E-state index in [0.29, 0.717) is 0 Å². The van der Waals surface area contributed by atoms with E-state index in [2.05, 4.69) is 11.7 Å². The summed E-state index contributed by atoms with van der Waals surface area (Å²) in [7, 11) is -4.57. The standard InChI is InChI=1S/C3H10O2S3/c1-7(2,6)8(3,4)5/h6H,1-3H3. The van der Waals surface area contributed by atoms with Crippen molar-refractivity contribution >= 4 is 28.6 Å². The molecule has 0 aromatic carbocycles. The van der Waals surface area contributed by atoms with Crippen molar-refractivity contribution in [1.82, 2.24) is 0 Å². The van der Waals surface area contributed by atoms with Gasteiger partial charge in [0.15, 0.2) is 8.87 Å². The second-order valence-corrected chi connectivity index (χ2v) is 13.5. The van der Waals surface area contributed by atoms with Gasteiger partial charge in [-0.05, 0) is 12.5 Å². The van der Waals surface area contributed by atoms with E-state index in [0.717, 1.165) is 0 Å². The monoisotopic (exact) mass is 174 g/mol. The highest BCUT2D eigenvalue weighted by Gasteiger charge is 2.17. The average molecular weight is 174 g/mol. The maximum Gasteiger partial charge on any atom is 0.189 e. The zero-order chi connectivity index (χ0) is 7.00. The molecule has 0 heterocycles. The third kappa shape index (κ3) is 2.28. The summed E-state index contributed by atoms with van der Waals surface area (Å²) in [4.78, 5) is 0. The second kappa shape index (κ2) is 2.11. The van der Waals surface area contributed by atoms with E-state index in [1.54, 1.807) is 12.5 Å². The lowest BCUT2D eigenvalue weighted by Gasteiger charge is -2.19. The molecule has 0 radical (unpaired) electrons. The molecule has 0 bridgehead atoms. The fraction of sp³-hybridized carbons (Fsp3) is 1.00. The van der Waals surface area contributed by atoms with Gasteiger partial charge in [-0.2, -0.15) is 0 Å². The van der Waals surface area contributed by atoms with Crippen LogP contribution in [0.3, 0.4) is 0 Å². The van der Waals surface area contributed by atoms with E-state index < -0.39 is 17.0 Å². The minimum atomic E-state index is -2.89. The lowest BCUT2D eigenvalue weighted by molar-refractivity contribution is 0.615. The molecule has 0 saturated carbocycles. The van der Waals surface area contributed by atoms with Crippen molar-refractivity contribution < 1.29 is 8.42 Å². The Morgan fingerprint density at radius 1 is 1.12 bits per heavy atom. The normalized spacial score (nSPS) is 16.0. The Hall–Kier alpha value is 0.650. The van der Waals surface area contributed by atoms with Crippen LogP contribution in [-0.2, 0) is 8.87 Å². The van der Waals surface area contributed by atoms with Crippen LogP contribution in [-0.4, -0.2) is 27.2 Å². The van der Waals surface area contributed by atoms with Crippen molar-refractivity contribution in [2.75, 3.05) is 18.8 Å². The molecular formula is C3H10O2S3. The zero-order valence-corrected chi connectivity index (χ0v) is 7.61. The fourth-order valence-electron chi connectivity index (χ4n) is 0. The van der Waals surface area contributed by atoms with Crippen LogP contribution in [0, 0.1) is 0 Å². The minimum absolute atomic E-state index is 1.20. The van der Waals surface area contributed by atoms with Gasteiger partial charge in [0.05, 0.1) is 0 Å². The molecule has 0 unspecified atom stereocenters. The molecule has 0 aromatic rings. The lowest BCUT2D eigenvalue weighted by atomic mass is 11.9. The molecule has 0 aliphatic rings. The minimum Gasteiger partial charge on any atom is -0.219 e. The molecule has 5 heteroatoms. The van der Waals surface area contributed by atoms with Crippen molar-refractivity contribution in [3.63, 3.8) is 0 Å². The SMILES string of the molecule is CS(C)(S)S(C)(=O)=O. The molecule has 0 saturated heterocycles. The smallest absolute Gasteiger partial charge is 0.189 e. The van der Waals surface area contributed by atoms with E-state index in [-0.39, 0.29) is 0 Å². The first-order chi connectivity index (χ1) is 3.25. The van der Waals surface area contributed by atoms with Crippen LogP contribution < -0.4 is 0 Å². The molecular weight excluding hydrogens is 164 g/mol. The molecule has 0 amide bonds. The highest BCUT2D eigenvalue weighted by Crippen LogP contribution is 2.50. The summed E-state index contributed by atoms with van der Waals surface area (Å²) in [5.41, 5.74) is 0. The predicted octanol–water partition coefficient (Wildman–Crippen LogP) is 0.855. The van der Waals surface area contributed by atoms with Crippen LogP contribution in [0.5, 0.6) is 0 Å². The van der Waals surface area contributed by atoms with Gasteiger partial charge >= 0.3 is 0 Å². The quantitative estimate of drug-likeness (QED) is 0.472. The molecule has 0 atom stereocenters. The largest absolute Gasteiger partial charge is 0.219 e. The topological polar surface area (TPSA) is 34.1 Å². The second-order valence-electron chi connectivity index (χ2n) is 1.89. The third-order valence-corrected chi connectivity index (χ3v) is 9.11. The van der Waals surface area contributed by atoms with E-state index in [1.807, 2.05) is 0 Å². The molecule has 0 spiro atoms. The van der Waals surface area contributed by atoms with Gasteiger partial charge in [0.2, 0.25) is 0 Å². The van der Waals surface area contributed by atoms with Gasteiger partial charge in [-0.25, -0.2) is 8.42 Å². The maximum atomic E-state index is 10.6. The molecule has 0 rings (SSSR count). The number of rotatable bonds is 1. The van der Waals surface area contributed by atoms with Crippen molar-refractivity contribution in [2.45, 2.75) is 0 Å². The Morgan fingerprint density at radius 3 is 1.25 bits per heavy atom. The van der Waals surface area contributed by atoms with Crippen molar-refractivity contribution in [1.29, 1.82) is 0 Å². The van der Waals surface area contributed by atoms with Crippen LogP contribution in [0.1, 0.15) is 0 Å². The van der Waals surface area contributed by atoms with Gasteiger partial charge in [-0.15, -0.1) is 11.7 Å². The molecule has 0 N–H and O–H groups in total. The highest BCUT2D eigenvalue weighted by atomic mass is 33.6.